The van der Waals surface area contributed by atoms with E-state index < -0.39 is 5.54 Å². The van der Waals surface area contributed by atoms with Crippen LogP contribution in [-0.4, -0.2) is 24.5 Å². The summed E-state index contributed by atoms with van der Waals surface area (Å²) >= 11 is 0. The Morgan fingerprint density at radius 2 is 1.76 bits per heavy atom. The van der Waals surface area contributed by atoms with Crippen LogP contribution >= 0.6 is 0 Å². The lowest BCUT2D eigenvalue weighted by Crippen LogP contribution is -2.58. The third kappa shape index (κ3) is 4.23. The van der Waals surface area contributed by atoms with E-state index in [1.54, 1.807) is 0 Å². The molecule has 25 heavy (non-hydrogen) atoms. The molecular formula is C21H31NO3. The number of nitrogens with one attached hydrogen (secondary N) is 1. The van der Waals surface area contributed by atoms with Crippen LogP contribution in [0.3, 0.4) is 0 Å². The van der Waals surface area contributed by atoms with Crippen molar-refractivity contribution >= 4 is 11.9 Å². The molecule has 1 aromatic rings. The largest absolute Gasteiger partial charge is 0.467 e. The predicted molar refractivity (Wildman–Crippen MR) is 99.4 cm³/mol. The van der Waals surface area contributed by atoms with Crippen molar-refractivity contribution < 1.29 is 14.3 Å². The molecule has 1 fully saturated rings. The van der Waals surface area contributed by atoms with Crippen molar-refractivity contribution in [3.8, 4) is 0 Å². The first-order valence-corrected chi connectivity index (χ1v) is 9.14. The first-order valence-electron chi connectivity index (χ1n) is 9.14. The highest BCUT2D eigenvalue weighted by molar-refractivity contribution is 5.89. The third-order valence-corrected chi connectivity index (χ3v) is 5.80. The van der Waals surface area contributed by atoms with Gasteiger partial charge in [-0.2, -0.15) is 0 Å². The summed E-state index contributed by atoms with van der Waals surface area (Å²) in [5, 5.41) is 3.04. The summed E-state index contributed by atoms with van der Waals surface area (Å²) in [6, 6.07) is 4.19. The second-order valence-corrected chi connectivity index (χ2v) is 7.87. The zero-order chi connectivity index (χ0) is 18.8. The van der Waals surface area contributed by atoms with Gasteiger partial charge in [0, 0.05) is 0 Å². The molecule has 1 aliphatic rings. The van der Waals surface area contributed by atoms with Crippen LogP contribution in [-0.2, 0) is 20.7 Å². The molecule has 1 aliphatic carbocycles. The minimum atomic E-state index is -0.885. The lowest BCUT2D eigenvalue weighted by atomic mass is 9.71. The Morgan fingerprint density at radius 3 is 2.28 bits per heavy atom. The van der Waals surface area contributed by atoms with Crippen molar-refractivity contribution in [3.63, 3.8) is 0 Å². The quantitative estimate of drug-likeness (QED) is 0.848. The van der Waals surface area contributed by atoms with E-state index in [1.807, 2.05) is 13.8 Å². The van der Waals surface area contributed by atoms with Crippen LogP contribution in [0.25, 0.3) is 0 Å². The van der Waals surface area contributed by atoms with E-state index in [9.17, 15) is 9.59 Å². The molecule has 4 nitrogen and oxygen atoms in total. The Hall–Kier alpha value is -1.84. The van der Waals surface area contributed by atoms with Crippen LogP contribution in [0.2, 0.25) is 0 Å². The van der Waals surface area contributed by atoms with E-state index >= 15 is 0 Å². The van der Waals surface area contributed by atoms with Crippen LogP contribution in [0.15, 0.2) is 12.1 Å². The molecule has 0 spiro atoms. The number of esters is 1. The van der Waals surface area contributed by atoms with Gasteiger partial charge in [-0.3, -0.25) is 4.79 Å². The highest BCUT2D eigenvalue weighted by Gasteiger charge is 2.45. The van der Waals surface area contributed by atoms with Crippen molar-refractivity contribution in [2.75, 3.05) is 7.11 Å². The fraction of sp³-hybridized carbons (Fsp3) is 0.619. The molecule has 0 aromatic heterocycles. The first kappa shape index (κ1) is 19.5. The molecule has 1 amide bonds. The Bertz CT molecular complexity index is 644. The van der Waals surface area contributed by atoms with Gasteiger partial charge in [0.25, 0.3) is 0 Å². The van der Waals surface area contributed by atoms with Crippen molar-refractivity contribution in [1.82, 2.24) is 5.32 Å². The summed E-state index contributed by atoms with van der Waals surface area (Å²) in [7, 11) is 1.40. The predicted octanol–water partition coefficient (Wildman–Crippen LogP) is 3.64. The first-order chi connectivity index (χ1) is 11.7. The Kier molecular flexibility index (Phi) is 5.91. The molecule has 4 heteroatoms. The minimum Gasteiger partial charge on any atom is -0.467 e. The number of carbonyl (C=O) groups excluding carboxylic acids is 2. The average molecular weight is 345 g/mol. The molecule has 0 saturated heterocycles. The molecule has 3 atom stereocenters. The van der Waals surface area contributed by atoms with E-state index in [2.05, 4.69) is 38.2 Å². The Labute approximate surface area is 151 Å². The molecule has 2 rings (SSSR count). The topological polar surface area (TPSA) is 55.4 Å². The van der Waals surface area contributed by atoms with E-state index in [0.29, 0.717) is 31.1 Å². The van der Waals surface area contributed by atoms with Crippen molar-refractivity contribution in [2.24, 2.45) is 11.8 Å². The SMILES string of the molecule is COC(=O)C1(NC(=O)Cc2c(C)cc(C)cc2C)CCC(C)C(C)C1. The molecule has 0 bridgehead atoms. The number of carbonyl (C=O) groups is 2. The van der Waals surface area contributed by atoms with Crippen LogP contribution in [0.5, 0.6) is 0 Å². The van der Waals surface area contributed by atoms with E-state index in [-0.39, 0.29) is 11.9 Å². The van der Waals surface area contributed by atoms with E-state index in [4.69, 9.17) is 4.74 Å². The van der Waals surface area contributed by atoms with Crippen molar-refractivity contribution in [3.05, 3.63) is 34.4 Å². The summed E-state index contributed by atoms with van der Waals surface area (Å²) < 4.78 is 5.04. The van der Waals surface area contributed by atoms with Gasteiger partial charge in [-0.05, 0) is 68.6 Å². The number of methoxy groups -OCH3 is 1. The van der Waals surface area contributed by atoms with Crippen molar-refractivity contribution in [2.45, 2.75) is 65.8 Å². The summed E-state index contributed by atoms with van der Waals surface area (Å²) in [5.74, 6) is 0.492. The standard InChI is InChI=1S/C21H31NO3/c1-13-9-15(3)18(16(4)10-13)11-19(23)22-21(20(24)25-6)8-7-14(2)17(5)12-21/h9-10,14,17H,7-8,11-12H2,1-6H3,(H,22,23). The highest BCUT2D eigenvalue weighted by atomic mass is 16.5. The smallest absolute Gasteiger partial charge is 0.331 e. The highest BCUT2D eigenvalue weighted by Crippen LogP contribution is 2.37. The molecule has 138 valence electrons. The Morgan fingerprint density at radius 1 is 1.16 bits per heavy atom. The zero-order valence-corrected chi connectivity index (χ0v) is 16.4. The van der Waals surface area contributed by atoms with Gasteiger partial charge in [-0.1, -0.05) is 31.5 Å². The Balaban J connectivity index is 2.20. The molecule has 1 aromatic carbocycles. The van der Waals surface area contributed by atoms with Crippen LogP contribution in [0.4, 0.5) is 0 Å². The molecule has 0 heterocycles. The normalized spacial score (nSPS) is 26.2. The monoisotopic (exact) mass is 345 g/mol. The number of hydrogen-bond acceptors (Lipinski definition) is 3. The molecular weight excluding hydrogens is 314 g/mol. The van der Waals surface area contributed by atoms with Gasteiger partial charge >= 0.3 is 5.97 Å². The fourth-order valence-corrected chi connectivity index (χ4v) is 4.12. The zero-order valence-electron chi connectivity index (χ0n) is 16.4. The van der Waals surface area contributed by atoms with Gasteiger partial charge in [-0.25, -0.2) is 4.79 Å². The van der Waals surface area contributed by atoms with Gasteiger partial charge in [0.1, 0.15) is 5.54 Å². The molecule has 1 saturated carbocycles. The van der Waals surface area contributed by atoms with E-state index in [1.165, 1.54) is 12.7 Å². The maximum Gasteiger partial charge on any atom is 0.331 e. The average Bonchev–Trinajstić information content (AvgIpc) is 2.53. The summed E-state index contributed by atoms with van der Waals surface area (Å²) in [5.41, 5.74) is 3.58. The van der Waals surface area contributed by atoms with Crippen LogP contribution < -0.4 is 5.32 Å². The number of rotatable bonds is 4. The number of benzene rings is 1. The van der Waals surface area contributed by atoms with Gasteiger partial charge in [0.05, 0.1) is 13.5 Å². The van der Waals surface area contributed by atoms with Gasteiger partial charge in [0.15, 0.2) is 0 Å². The molecule has 3 unspecified atom stereocenters. The summed E-state index contributed by atoms with van der Waals surface area (Å²) in [6.45, 7) is 10.5. The van der Waals surface area contributed by atoms with Crippen LogP contribution in [0.1, 0.15) is 55.4 Å². The summed E-state index contributed by atoms with van der Waals surface area (Å²) in [6.07, 6.45) is 2.49. The molecule has 0 radical (unpaired) electrons. The number of aryl methyl sites for hydroxylation is 3. The third-order valence-electron chi connectivity index (χ3n) is 5.80. The van der Waals surface area contributed by atoms with Gasteiger partial charge in [0.2, 0.25) is 5.91 Å². The number of ether oxygens (including phenoxy) is 1. The maximum atomic E-state index is 12.8. The van der Waals surface area contributed by atoms with Crippen LogP contribution in [0, 0.1) is 32.6 Å². The lowest BCUT2D eigenvalue weighted by molar-refractivity contribution is -0.154. The minimum absolute atomic E-state index is 0.109. The number of amides is 1. The second-order valence-electron chi connectivity index (χ2n) is 7.87. The van der Waals surface area contributed by atoms with Gasteiger partial charge < -0.3 is 10.1 Å². The molecule has 1 N–H and O–H groups in total. The fourth-order valence-electron chi connectivity index (χ4n) is 4.12. The number of hydrogen-bond donors (Lipinski definition) is 1. The van der Waals surface area contributed by atoms with Gasteiger partial charge in [-0.15, -0.1) is 0 Å². The van der Waals surface area contributed by atoms with E-state index in [0.717, 1.165) is 23.1 Å². The summed E-state index contributed by atoms with van der Waals surface area (Å²) in [4.78, 5) is 25.2. The lowest BCUT2D eigenvalue weighted by Gasteiger charge is -2.41. The maximum absolute atomic E-state index is 12.8. The van der Waals surface area contributed by atoms with Crippen molar-refractivity contribution in [1.29, 1.82) is 0 Å². The molecule has 0 aliphatic heterocycles. The second kappa shape index (κ2) is 7.59.